The molecule has 280 valence electrons. The second kappa shape index (κ2) is 14.9. The van der Waals surface area contributed by atoms with Gasteiger partial charge in [0.2, 0.25) is 0 Å². The number of rotatable bonds is 10. The molecule has 4 aromatic rings. The smallest absolute Gasteiger partial charge is 0.347 e. The van der Waals surface area contributed by atoms with Crippen LogP contribution in [0.25, 0.3) is 0 Å². The second-order valence-corrected chi connectivity index (χ2v) is 12.0. The van der Waals surface area contributed by atoms with Gasteiger partial charge in [-0.25, -0.2) is 33.6 Å². The first-order chi connectivity index (χ1) is 26.9. The summed E-state index contributed by atoms with van der Waals surface area (Å²) in [5, 5.41) is 0. The van der Waals surface area contributed by atoms with E-state index < -0.39 is 53.7 Å². The molecule has 1 atom stereocenters. The van der Waals surface area contributed by atoms with Gasteiger partial charge in [0.15, 0.2) is 23.0 Å². The third-order valence-corrected chi connectivity index (χ3v) is 8.50. The van der Waals surface area contributed by atoms with Crippen molar-refractivity contribution in [2.45, 2.75) is 6.42 Å². The summed E-state index contributed by atoms with van der Waals surface area (Å²) in [5.41, 5.74) is 0.220. The number of cyclic esters (lactones) is 4. The van der Waals surface area contributed by atoms with Crippen LogP contribution in [0.15, 0.2) is 96.6 Å². The largest absolute Gasteiger partial charge is 0.493 e. The molecule has 2 aliphatic heterocycles. The van der Waals surface area contributed by atoms with Crippen LogP contribution < -0.4 is 28.4 Å². The molecule has 0 N–H and O–H groups in total. The van der Waals surface area contributed by atoms with E-state index in [-0.39, 0.29) is 79.9 Å². The average Bonchev–Trinajstić information content (AvgIpc) is 3.65. The SMILES string of the molecule is COc1cc(C(=O)Oc2ccc3c(c2)C(=O)OC3=O)ccc1OC(=O)C1=CCC(C(=O)Oc2ccc(C(=O)Oc3ccc4c(c3)C(=O)OC4=O)cc2OC)C=C1. The number of benzene rings is 4. The Hall–Kier alpha value is -7.88. The minimum absolute atomic E-state index is 0.00307. The van der Waals surface area contributed by atoms with Gasteiger partial charge in [0, 0.05) is 0 Å². The lowest BCUT2D eigenvalue weighted by atomic mass is 9.97. The van der Waals surface area contributed by atoms with Crippen molar-refractivity contribution in [3.63, 3.8) is 0 Å². The number of ether oxygens (including phenoxy) is 8. The van der Waals surface area contributed by atoms with Crippen LogP contribution in [0.2, 0.25) is 0 Å². The molecule has 4 aromatic carbocycles. The zero-order valence-electron chi connectivity index (χ0n) is 29.0. The summed E-state index contributed by atoms with van der Waals surface area (Å²) in [6.45, 7) is 0. The molecule has 7 rings (SSSR count). The average molecular weight is 761 g/mol. The van der Waals surface area contributed by atoms with Gasteiger partial charge in [-0.1, -0.05) is 18.2 Å². The quantitative estimate of drug-likeness (QED) is 0.121. The summed E-state index contributed by atoms with van der Waals surface area (Å²) in [5.74, 6) is -7.17. The zero-order valence-corrected chi connectivity index (χ0v) is 29.0. The van der Waals surface area contributed by atoms with Crippen LogP contribution in [0.3, 0.4) is 0 Å². The van der Waals surface area contributed by atoms with Crippen LogP contribution in [0.1, 0.15) is 68.6 Å². The van der Waals surface area contributed by atoms with Crippen molar-refractivity contribution < 1.29 is 76.3 Å². The van der Waals surface area contributed by atoms with Crippen LogP contribution >= 0.6 is 0 Å². The van der Waals surface area contributed by atoms with Crippen LogP contribution in [0.4, 0.5) is 0 Å². The Bertz CT molecular complexity index is 2490. The highest BCUT2D eigenvalue weighted by molar-refractivity contribution is 6.15. The number of carbonyl (C=O) groups excluding carboxylic acids is 8. The Kier molecular flexibility index (Phi) is 9.68. The molecule has 0 spiro atoms. The fraction of sp³-hybridized carbons (Fsp3) is 0.100. The van der Waals surface area contributed by atoms with E-state index in [9.17, 15) is 38.4 Å². The summed E-state index contributed by atoms with van der Waals surface area (Å²) in [7, 11) is 2.61. The minimum atomic E-state index is -0.855. The van der Waals surface area contributed by atoms with Crippen molar-refractivity contribution in [2.24, 2.45) is 5.92 Å². The van der Waals surface area contributed by atoms with Gasteiger partial charge in [-0.15, -0.1) is 0 Å². The molecule has 16 nitrogen and oxygen atoms in total. The minimum Gasteiger partial charge on any atom is -0.493 e. The topological polar surface area (TPSA) is 210 Å². The maximum atomic E-state index is 13.1. The molecule has 0 amide bonds. The molecule has 0 bridgehead atoms. The number of hydrogen-bond donors (Lipinski definition) is 0. The molecular weight excluding hydrogens is 736 g/mol. The fourth-order valence-electron chi connectivity index (χ4n) is 5.63. The summed E-state index contributed by atoms with van der Waals surface area (Å²) in [4.78, 5) is 98.7. The predicted octanol–water partition coefficient (Wildman–Crippen LogP) is 4.78. The molecule has 16 heteroatoms. The first-order valence-corrected chi connectivity index (χ1v) is 16.4. The van der Waals surface area contributed by atoms with Gasteiger partial charge < -0.3 is 37.9 Å². The van der Waals surface area contributed by atoms with E-state index in [2.05, 4.69) is 9.47 Å². The van der Waals surface area contributed by atoms with E-state index in [0.717, 1.165) is 0 Å². The fourth-order valence-corrected chi connectivity index (χ4v) is 5.63. The number of hydrogen-bond acceptors (Lipinski definition) is 16. The van der Waals surface area contributed by atoms with Crippen molar-refractivity contribution in [3.8, 4) is 34.5 Å². The van der Waals surface area contributed by atoms with Crippen molar-refractivity contribution in [2.75, 3.05) is 14.2 Å². The van der Waals surface area contributed by atoms with E-state index in [1.54, 1.807) is 0 Å². The summed E-state index contributed by atoms with van der Waals surface area (Å²) >= 11 is 0. The highest BCUT2D eigenvalue weighted by atomic mass is 16.6. The van der Waals surface area contributed by atoms with Crippen LogP contribution in [0.5, 0.6) is 34.5 Å². The van der Waals surface area contributed by atoms with E-state index in [1.165, 1.54) is 105 Å². The standard InChI is InChI=1S/C40H24O16/c1-49-31-15-21(35(43)51-23-9-11-25-27(17-23)39(47)55-37(25)45)7-13-29(31)53-33(41)19-3-5-20(6-4-19)34(42)54-30-14-8-22(16-32(30)50-2)36(44)52-24-10-12-26-28(18-24)40(48)56-38(26)46/h3-5,7-18,20H,6H2,1-2H3. The molecule has 56 heavy (non-hydrogen) atoms. The Morgan fingerprint density at radius 1 is 0.536 bits per heavy atom. The van der Waals surface area contributed by atoms with Gasteiger partial charge in [0.25, 0.3) is 0 Å². The maximum absolute atomic E-state index is 13.1. The maximum Gasteiger partial charge on any atom is 0.347 e. The molecule has 2 heterocycles. The van der Waals surface area contributed by atoms with Crippen molar-refractivity contribution in [3.05, 3.63) is 130 Å². The number of allylic oxidation sites excluding steroid dienone is 1. The monoisotopic (exact) mass is 760 g/mol. The summed E-state index contributed by atoms with van der Waals surface area (Å²) in [6, 6.07) is 15.6. The normalized spacial score (nSPS) is 15.1. The zero-order chi connectivity index (χ0) is 39.7. The Morgan fingerprint density at radius 2 is 1.02 bits per heavy atom. The molecule has 0 fully saturated rings. The molecule has 1 aliphatic carbocycles. The van der Waals surface area contributed by atoms with Gasteiger partial charge >= 0.3 is 47.8 Å². The highest BCUT2D eigenvalue weighted by Gasteiger charge is 2.32. The predicted molar refractivity (Wildman–Crippen MR) is 185 cm³/mol. The van der Waals surface area contributed by atoms with E-state index in [0.29, 0.717) is 0 Å². The number of esters is 8. The third kappa shape index (κ3) is 7.21. The molecule has 3 aliphatic rings. The number of carbonyl (C=O) groups is 8. The Labute approximate surface area is 314 Å². The molecule has 0 saturated carbocycles. The third-order valence-electron chi connectivity index (χ3n) is 8.50. The lowest BCUT2D eigenvalue weighted by Crippen LogP contribution is -2.22. The number of fused-ring (bicyclic) bond motifs is 2. The van der Waals surface area contributed by atoms with Gasteiger partial charge in [-0.3, -0.25) is 4.79 Å². The van der Waals surface area contributed by atoms with E-state index in [4.69, 9.17) is 28.4 Å². The highest BCUT2D eigenvalue weighted by Crippen LogP contribution is 2.33. The first kappa shape index (κ1) is 36.5. The summed E-state index contributed by atoms with van der Waals surface area (Å²) in [6.07, 6.45) is 4.41. The molecule has 0 aromatic heterocycles. The van der Waals surface area contributed by atoms with Crippen LogP contribution in [-0.2, 0) is 19.1 Å². The molecule has 0 saturated heterocycles. The van der Waals surface area contributed by atoms with Crippen molar-refractivity contribution in [1.29, 1.82) is 0 Å². The number of methoxy groups -OCH3 is 2. The summed E-state index contributed by atoms with van der Waals surface area (Å²) < 4.78 is 41.4. The first-order valence-electron chi connectivity index (χ1n) is 16.4. The van der Waals surface area contributed by atoms with E-state index in [1.807, 2.05) is 0 Å². The lowest BCUT2D eigenvalue weighted by Gasteiger charge is -2.17. The van der Waals surface area contributed by atoms with Crippen molar-refractivity contribution in [1.82, 2.24) is 0 Å². The van der Waals surface area contributed by atoms with E-state index >= 15 is 0 Å². The van der Waals surface area contributed by atoms with Gasteiger partial charge in [0.05, 0.1) is 59.1 Å². The molecule has 1 unspecified atom stereocenters. The Morgan fingerprint density at radius 3 is 1.48 bits per heavy atom. The second-order valence-electron chi connectivity index (χ2n) is 12.0. The van der Waals surface area contributed by atoms with Crippen LogP contribution in [-0.4, -0.2) is 62.0 Å². The van der Waals surface area contributed by atoms with Crippen LogP contribution in [0, 0.1) is 5.92 Å². The van der Waals surface area contributed by atoms with Gasteiger partial charge in [0.1, 0.15) is 11.5 Å². The van der Waals surface area contributed by atoms with Crippen molar-refractivity contribution >= 4 is 47.8 Å². The lowest BCUT2D eigenvalue weighted by molar-refractivity contribution is -0.137. The Balaban J connectivity index is 0.939. The van der Waals surface area contributed by atoms with Gasteiger partial charge in [-0.05, 0) is 79.2 Å². The molecule has 0 radical (unpaired) electrons. The van der Waals surface area contributed by atoms with Gasteiger partial charge in [-0.2, -0.15) is 0 Å². The molecular formula is C40H24O16.